The highest BCUT2D eigenvalue weighted by atomic mass is 16.5. The molecule has 0 bridgehead atoms. The van der Waals surface area contributed by atoms with Gasteiger partial charge in [0.25, 0.3) is 0 Å². The summed E-state index contributed by atoms with van der Waals surface area (Å²) in [7, 11) is 0. The Labute approximate surface area is 503 Å². The zero-order chi connectivity index (χ0) is 58.1. The molecule has 0 amide bonds. The van der Waals surface area contributed by atoms with Crippen LogP contribution in [0.25, 0.3) is 146 Å². The molecule has 0 N–H and O–H groups in total. The molecule has 0 saturated heterocycles. The van der Waals surface area contributed by atoms with E-state index in [2.05, 4.69) is 190 Å². The molecule has 88 heavy (non-hydrogen) atoms. The van der Waals surface area contributed by atoms with Crippen molar-refractivity contribution in [3.05, 3.63) is 279 Å². The molecule has 1 aliphatic rings. The third-order valence-corrected chi connectivity index (χ3v) is 16.5. The second-order valence-corrected chi connectivity index (χ2v) is 21.7. The SMILES string of the molecule is c1ccc(-c2ncnc(-c3ccc4c(c3)c3cnccc3n4-c3cccc(-c4cccc5c4Oc4c(cccc4-c4cccc(-n6c7ccc(-c8ncnc(-c9ccccc9)n8)cc7c7cc(-c8ncnc(-c9ccccc9)n8)ccc76)c4)C5)c3)n2)cc1. The Balaban J connectivity index is 0.740. The maximum absolute atomic E-state index is 7.30. The molecule has 0 fully saturated rings. The van der Waals surface area contributed by atoms with Crippen molar-refractivity contribution < 1.29 is 4.74 Å². The molecule has 412 valence electrons. The summed E-state index contributed by atoms with van der Waals surface area (Å²) in [5.41, 5.74) is 17.8. The standard InChI is InChI=1S/C75H46N12O/c1-4-14-46(15-5-1)70-77-43-80-73(83-70)53-28-31-64-60(39-53)61-40-54(74-81-44-78-71(84-74)47-16-6-2-7-17-47)29-32-65(61)86(64)56-24-10-20-49(37-56)58-26-12-22-51-36-52-23-13-27-59(69(52)88-68(51)58)50-21-11-25-57(38-50)87-66-33-30-55(41-62(66)63-42-76-35-34-67(63)87)75-82-45-79-72(85-75)48-18-8-3-9-19-48/h1-35,37-45H,36H2. The summed E-state index contributed by atoms with van der Waals surface area (Å²) in [6, 6.07) is 81.7. The lowest BCUT2D eigenvalue weighted by Gasteiger charge is -2.25. The van der Waals surface area contributed by atoms with Gasteiger partial charge in [0.15, 0.2) is 34.9 Å². The van der Waals surface area contributed by atoms with Crippen LogP contribution in [0, 0.1) is 0 Å². The number of rotatable bonds is 10. The van der Waals surface area contributed by atoms with Crippen LogP contribution in [0.3, 0.4) is 0 Å². The van der Waals surface area contributed by atoms with E-state index in [-0.39, 0.29) is 0 Å². The highest BCUT2D eigenvalue weighted by Crippen LogP contribution is 2.48. The van der Waals surface area contributed by atoms with Crippen molar-refractivity contribution >= 4 is 43.6 Å². The first-order chi connectivity index (χ1) is 43.6. The first-order valence-corrected chi connectivity index (χ1v) is 28.9. The first-order valence-electron chi connectivity index (χ1n) is 28.9. The molecule has 0 saturated carbocycles. The van der Waals surface area contributed by atoms with Gasteiger partial charge >= 0.3 is 0 Å². The third-order valence-electron chi connectivity index (χ3n) is 16.5. The quantitative estimate of drug-likeness (QED) is 0.129. The monoisotopic (exact) mass is 1130 g/mol. The van der Waals surface area contributed by atoms with E-state index in [1.54, 1.807) is 19.0 Å². The number of pyridine rings is 1. The molecule has 17 rings (SSSR count). The zero-order valence-electron chi connectivity index (χ0n) is 46.9. The van der Waals surface area contributed by atoms with Gasteiger partial charge in [-0.1, -0.05) is 152 Å². The highest BCUT2D eigenvalue weighted by Gasteiger charge is 2.26. The summed E-state index contributed by atoms with van der Waals surface area (Å²) in [5, 5.41) is 4.11. The van der Waals surface area contributed by atoms with E-state index in [0.29, 0.717) is 41.4 Å². The minimum absolute atomic E-state index is 0.581. The molecule has 0 radical (unpaired) electrons. The molecule has 10 aromatic carbocycles. The van der Waals surface area contributed by atoms with Crippen LogP contribution < -0.4 is 4.74 Å². The van der Waals surface area contributed by atoms with Crippen molar-refractivity contribution in [2.75, 3.05) is 0 Å². The minimum Gasteiger partial charge on any atom is -0.455 e. The van der Waals surface area contributed by atoms with Gasteiger partial charge in [-0.25, -0.2) is 44.9 Å². The van der Waals surface area contributed by atoms with Gasteiger partial charge < -0.3 is 13.9 Å². The zero-order valence-corrected chi connectivity index (χ0v) is 46.9. The Morgan fingerprint density at radius 2 is 0.659 bits per heavy atom. The molecule has 1 aliphatic heterocycles. The Morgan fingerprint density at radius 1 is 0.295 bits per heavy atom. The van der Waals surface area contributed by atoms with Gasteiger partial charge in [0.05, 0.1) is 22.1 Å². The van der Waals surface area contributed by atoms with E-state index >= 15 is 0 Å². The van der Waals surface area contributed by atoms with Crippen LogP contribution >= 0.6 is 0 Å². The number of aromatic nitrogens is 12. The van der Waals surface area contributed by atoms with Gasteiger partial charge in [0.2, 0.25) is 0 Å². The van der Waals surface area contributed by atoms with E-state index in [0.717, 1.165) is 133 Å². The average molecular weight is 1130 g/mol. The van der Waals surface area contributed by atoms with Crippen LogP contribution in [0.1, 0.15) is 11.1 Å². The average Bonchev–Trinajstić information content (AvgIpc) is 1.81. The molecule has 0 spiro atoms. The van der Waals surface area contributed by atoms with E-state index in [1.807, 2.05) is 103 Å². The Morgan fingerprint density at radius 3 is 1.08 bits per heavy atom. The summed E-state index contributed by atoms with van der Waals surface area (Å²) >= 11 is 0. The van der Waals surface area contributed by atoms with Gasteiger partial charge in [-0.15, -0.1) is 0 Å². The van der Waals surface area contributed by atoms with E-state index in [4.69, 9.17) is 19.7 Å². The van der Waals surface area contributed by atoms with Gasteiger partial charge in [-0.3, -0.25) is 4.98 Å². The molecule has 0 unspecified atom stereocenters. The lowest BCUT2D eigenvalue weighted by atomic mass is 9.92. The molecule has 7 heterocycles. The second kappa shape index (κ2) is 20.8. The van der Waals surface area contributed by atoms with Crippen LogP contribution in [0.15, 0.2) is 268 Å². The molecule has 16 aromatic rings. The minimum atomic E-state index is 0.581. The lowest BCUT2D eigenvalue weighted by Crippen LogP contribution is -2.06. The van der Waals surface area contributed by atoms with Gasteiger partial charge in [0.1, 0.15) is 30.5 Å². The molecule has 6 aromatic heterocycles. The molecular weight excluding hydrogens is 1080 g/mol. The Kier molecular flexibility index (Phi) is 11.9. The fraction of sp³-hybridized carbons (Fsp3) is 0.0133. The maximum atomic E-state index is 7.30. The number of nitrogens with zero attached hydrogens (tertiary/aromatic N) is 12. The Bertz CT molecular complexity index is 5280. The maximum Gasteiger partial charge on any atom is 0.163 e. The van der Waals surface area contributed by atoms with Crippen LogP contribution in [0.4, 0.5) is 0 Å². The molecule has 0 aliphatic carbocycles. The van der Waals surface area contributed by atoms with Gasteiger partial charge in [0, 0.05) is 96.2 Å². The van der Waals surface area contributed by atoms with E-state index in [9.17, 15) is 0 Å². The van der Waals surface area contributed by atoms with Crippen molar-refractivity contribution in [1.29, 1.82) is 0 Å². The molecule has 13 nitrogen and oxygen atoms in total. The summed E-state index contributed by atoms with van der Waals surface area (Å²) in [6.07, 6.45) is 9.25. The molecule has 0 atom stereocenters. The van der Waals surface area contributed by atoms with Crippen molar-refractivity contribution in [3.63, 3.8) is 0 Å². The number of hydrogen-bond donors (Lipinski definition) is 0. The number of fused-ring (bicyclic) bond motifs is 8. The molecule has 13 heteroatoms. The van der Waals surface area contributed by atoms with Crippen molar-refractivity contribution in [2.45, 2.75) is 6.42 Å². The Hall–Kier alpha value is -12.2. The third kappa shape index (κ3) is 8.71. The topological polar surface area (TPSA) is 148 Å². The van der Waals surface area contributed by atoms with Crippen LogP contribution in [-0.2, 0) is 6.42 Å². The van der Waals surface area contributed by atoms with E-state index in [1.165, 1.54) is 0 Å². The van der Waals surface area contributed by atoms with Crippen LogP contribution in [-0.4, -0.2) is 59.0 Å². The van der Waals surface area contributed by atoms with Crippen LogP contribution in [0.5, 0.6) is 11.5 Å². The number of ether oxygens (including phenoxy) is 1. The van der Waals surface area contributed by atoms with Gasteiger partial charge in [-0.05, 0) is 107 Å². The predicted octanol–water partition coefficient (Wildman–Crippen LogP) is 16.9. The van der Waals surface area contributed by atoms with Crippen LogP contribution in [0.2, 0.25) is 0 Å². The number of hydrogen-bond acceptors (Lipinski definition) is 11. The largest absolute Gasteiger partial charge is 0.455 e. The number of benzene rings is 10. The van der Waals surface area contributed by atoms with E-state index < -0.39 is 0 Å². The highest BCUT2D eigenvalue weighted by molar-refractivity contribution is 6.12. The summed E-state index contributed by atoms with van der Waals surface area (Å²) in [4.78, 5) is 46.9. The fourth-order valence-electron chi connectivity index (χ4n) is 12.4. The summed E-state index contributed by atoms with van der Waals surface area (Å²) in [5.74, 6) is 5.30. The lowest BCUT2D eigenvalue weighted by molar-refractivity contribution is 0.463. The van der Waals surface area contributed by atoms with Crippen molar-refractivity contribution in [3.8, 4) is 113 Å². The molecular formula is C75H46N12O. The normalized spacial score (nSPS) is 11.9. The smallest absolute Gasteiger partial charge is 0.163 e. The fourth-order valence-corrected chi connectivity index (χ4v) is 12.4. The number of para-hydroxylation sites is 2. The predicted molar refractivity (Wildman–Crippen MR) is 346 cm³/mol. The van der Waals surface area contributed by atoms with Gasteiger partial charge in [-0.2, -0.15) is 0 Å². The second-order valence-electron chi connectivity index (χ2n) is 21.7. The summed E-state index contributed by atoms with van der Waals surface area (Å²) in [6.45, 7) is 0. The first kappa shape index (κ1) is 50.3. The van der Waals surface area contributed by atoms with Crippen molar-refractivity contribution in [1.82, 2.24) is 59.0 Å². The van der Waals surface area contributed by atoms with Crippen molar-refractivity contribution in [2.24, 2.45) is 0 Å². The summed E-state index contributed by atoms with van der Waals surface area (Å²) < 4.78 is 11.9.